The van der Waals surface area contributed by atoms with Gasteiger partial charge in [-0.2, -0.15) is 0 Å². The molecule has 0 bridgehead atoms. The number of anilines is 1. The summed E-state index contributed by atoms with van der Waals surface area (Å²) in [6, 6.07) is 14.9. The Hall–Kier alpha value is -2.54. The number of ether oxygens (including phenoxy) is 1. The molecule has 0 unspecified atom stereocenters. The minimum Gasteiger partial charge on any atom is -0.497 e. The number of hydrogen-bond acceptors (Lipinski definition) is 4. The average molecular weight is 405 g/mol. The molecule has 0 aliphatic heterocycles. The van der Waals surface area contributed by atoms with Crippen molar-refractivity contribution in [1.82, 2.24) is 4.90 Å². The highest BCUT2D eigenvalue weighted by Gasteiger charge is 2.19. The summed E-state index contributed by atoms with van der Waals surface area (Å²) in [6.07, 6.45) is 1.87. The summed E-state index contributed by atoms with van der Waals surface area (Å²) in [6.45, 7) is 2.79. The van der Waals surface area contributed by atoms with Crippen molar-refractivity contribution in [3.8, 4) is 5.75 Å². The van der Waals surface area contributed by atoms with Crippen molar-refractivity contribution in [2.24, 2.45) is 0 Å². The van der Waals surface area contributed by atoms with E-state index in [2.05, 4.69) is 0 Å². The normalized spacial score (nSPS) is 11.1. The maximum absolute atomic E-state index is 12.4. The Kier molecular flexibility index (Phi) is 7.45. The number of carbonyl (C=O) groups excluding carboxylic acids is 1. The van der Waals surface area contributed by atoms with Gasteiger partial charge >= 0.3 is 0 Å². The van der Waals surface area contributed by atoms with Gasteiger partial charge in [-0.25, -0.2) is 8.42 Å². The van der Waals surface area contributed by atoms with Crippen molar-refractivity contribution in [3.63, 3.8) is 0 Å². The summed E-state index contributed by atoms with van der Waals surface area (Å²) in [4.78, 5) is 14.1. The molecule has 7 heteroatoms. The number of aryl methyl sites for hydroxylation is 1. The molecule has 0 aliphatic carbocycles. The third-order valence-electron chi connectivity index (χ3n) is 4.46. The van der Waals surface area contributed by atoms with E-state index in [9.17, 15) is 13.2 Å². The standard InChI is InChI=1S/C21H28N2O4S/c1-17-10-12-18(13-11-17)16-22(2)21(24)9-6-14-23(28(4,25)26)19-7-5-8-20(15-19)27-3/h5,7-8,10-13,15H,6,9,14,16H2,1-4H3. The van der Waals surface area contributed by atoms with Crippen LogP contribution in [0.2, 0.25) is 0 Å². The lowest BCUT2D eigenvalue weighted by Gasteiger charge is -2.23. The zero-order chi connectivity index (χ0) is 20.7. The van der Waals surface area contributed by atoms with E-state index in [0.717, 1.165) is 11.8 Å². The van der Waals surface area contributed by atoms with Gasteiger partial charge in [-0.05, 0) is 31.0 Å². The van der Waals surface area contributed by atoms with E-state index in [0.29, 0.717) is 24.4 Å². The van der Waals surface area contributed by atoms with Crippen LogP contribution in [-0.2, 0) is 21.4 Å². The lowest BCUT2D eigenvalue weighted by molar-refractivity contribution is -0.130. The van der Waals surface area contributed by atoms with Crippen molar-refractivity contribution in [3.05, 3.63) is 59.7 Å². The molecule has 0 saturated carbocycles. The van der Waals surface area contributed by atoms with Crippen LogP contribution in [0.15, 0.2) is 48.5 Å². The largest absolute Gasteiger partial charge is 0.497 e. The van der Waals surface area contributed by atoms with Crippen LogP contribution in [0.3, 0.4) is 0 Å². The van der Waals surface area contributed by atoms with Gasteiger partial charge in [-0.3, -0.25) is 9.10 Å². The first-order valence-electron chi connectivity index (χ1n) is 9.12. The number of methoxy groups -OCH3 is 1. The number of benzene rings is 2. The van der Waals surface area contributed by atoms with Crippen molar-refractivity contribution in [2.45, 2.75) is 26.3 Å². The molecule has 1 amide bonds. The molecule has 0 radical (unpaired) electrons. The van der Waals surface area contributed by atoms with E-state index in [1.807, 2.05) is 31.2 Å². The molecule has 0 fully saturated rings. The van der Waals surface area contributed by atoms with E-state index in [-0.39, 0.29) is 18.9 Å². The predicted octanol–water partition coefficient (Wildman–Crippen LogP) is 3.21. The zero-order valence-electron chi connectivity index (χ0n) is 16.9. The number of sulfonamides is 1. The van der Waals surface area contributed by atoms with Crippen LogP contribution in [0.5, 0.6) is 5.75 Å². The highest BCUT2D eigenvalue weighted by molar-refractivity contribution is 7.92. The topological polar surface area (TPSA) is 66.9 Å². The molecule has 28 heavy (non-hydrogen) atoms. The first kappa shape index (κ1) is 21.8. The lowest BCUT2D eigenvalue weighted by atomic mass is 10.1. The number of amides is 1. The van der Waals surface area contributed by atoms with Crippen LogP contribution in [-0.4, -0.2) is 46.2 Å². The van der Waals surface area contributed by atoms with Gasteiger partial charge in [0.15, 0.2) is 0 Å². The molecule has 2 rings (SSSR count). The maximum Gasteiger partial charge on any atom is 0.232 e. The van der Waals surface area contributed by atoms with Gasteiger partial charge < -0.3 is 9.64 Å². The molecular weight excluding hydrogens is 376 g/mol. The van der Waals surface area contributed by atoms with Crippen LogP contribution < -0.4 is 9.04 Å². The SMILES string of the molecule is COc1cccc(N(CCCC(=O)N(C)Cc2ccc(C)cc2)S(C)(=O)=O)c1. The first-order chi connectivity index (χ1) is 13.2. The monoisotopic (exact) mass is 404 g/mol. The van der Waals surface area contributed by atoms with Crippen molar-refractivity contribution in [1.29, 1.82) is 0 Å². The number of carbonyl (C=O) groups is 1. The van der Waals surface area contributed by atoms with Crippen molar-refractivity contribution < 1.29 is 17.9 Å². The minimum atomic E-state index is -3.46. The summed E-state index contributed by atoms with van der Waals surface area (Å²) in [7, 11) is -0.164. The quantitative estimate of drug-likeness (QED) is 0.644. The molecule has 2 aromatic rings. The molecule has 152 valence electrons. The van der Waals surface area contributed by atoms with Gasteiger partial charge in [-0.15, -0.1) is 0 Å². The maximum atomic E-state index is 12.4. The molecular formula is C21H28N2O4S. The summed E-state index contributed by atoms with van der Waals surface area (Å²) in [5.74, 6) is 0.569. The molecule has 0 aliphatic rings. The molecule has 0 N–H and O–H groups in total. The van der Waals surface area contributed by atoms with Gasteiger partial charge in [0.25, 0.3) is 0 Å². The molecule has 2 aromatic carbocycles. The second kappa shape index (κ2) is 9.59. The molecule has 0 saturated heterocycles. The highest BCUT2D eigenvalue weighted by Crippen LogP contribution is 2.23. The van der Waals surface area contributed by atoms with Crippen LogP contribution in [0.25, 0.3) is 0 Å². The van der Waals surface area contributed by atoms with Gasteiger partial charge in [-0.1, -0.05) is 35.9 Å². The molecule has 6 nitrogen and oxygen atoms in total. The van der Waals surface area contributed by atoms with Crippen molar-refractivity contribution in [2.75, 3.05) is 31.3 Å². The summed E-state index contributed by atoms with van der Waals surface area (Å²) >= 11 is 0. The number of hydrogen-bond donors (Lipinski definition) is 0. The Morgan fingerprint density at radius 1 is 1.11 bits per heavy atom. The Bertz CT molecular complexity index is 895. The van der Waals surface area contributed by atoms with Crippen LogP contribution in [0.1, 0.15) is 24.0 Å². The van der Waals surface area contributed by atoms with E-state index in [4.69, 9.17) is 4.74 Å². The predicted molar refractivity (Wildman–Crippen MR) is 112 cm³/mol. The minimum absolute atomic E-state index is 0.0142. The van der Waals surface area contributed by atoms with Crippen LogP contribution in [0.4, 0.5) is 5.69 Å². The number of nitrogens with zero attached hydrogens (tertiary/aromatic N) is 2. The third-order valence-corrected chi connectivity index (χ3v) is 5.65. The molecule has 0 aromatic heterocycles. The van der Waals surface area contributed by atoms with Gasteiger partial charge in [0, 0.05) is 32.6 Å². The summed E-state index contributed by atoms with van der Waals surface area (Å²) in [5.41, 5.74) is 2.77. The fraction of sp³-hybridized carbons (Fsp3) is 0.381. The van der Waals surface area contributed by atoms with Crippen LogP contribution in [0, 0.1) is 6.92 Å². The summed E-state index contributed by atoms with van der Waals surface area (Å²) in [5, 5.41) is 0. The Morgan fingerprint density at radius 2 is 1.79 bits per heavy atom. The highest BCUT2D eigenvalue weighted by atomic mass is 32.2. The molecule has 0 spiro atoms. The first-order valence-corrected chi connectivity index (χ1v) is 11.0. The molecule has 0 heterocycles. The van der Waals surface area contributed by atoms with Crippen molar-refractivity contribution >= 4 is 21.6 Å². The third kappa shape index (κ3) is 6.27. The molecule has 0 atom stereocenters. The van der Waals surface area contributed by atoms with Gasteiger partial charge in [0.2, 0.25) is 15.9 Å². The zero-order valence-corrected chi connectivity index (χ0v) is 17.7. The Morgan fingerprint density at radius 3 is 2.39 bits per heavy atom. The van der Waals surface area contributed by atoms with Crippen LogP contribution >= 0.6 is 0 Å². The summed E-state index contributed by atoms with van der Waals surface area (Å²) < 4.78 is 30.9. The lowest BCUT2D eigenvalue weighted by Crippen LogP contribution is -2.32. The fourth-order valence-corrected chi connectivity index (χ4v) is 3.83. The second-order valence-corrected chi connectivity index (χ2v) is 8.78. The Labute approximate surface area is 167 Å². The van der Waals surface area contributed by atoms with Gasteiger partial charge in [0.05, 0.1) is 19.1 Å². The van der Waals surface area contributed by atoms with E-state index < -0.39 is 10.0 Å². The second-order valence-electron chi connectivity index (χ2n) is 6.88. The van der Waals surface area contributed by atoms with Gasteiger partial charge in [0.1, 0.15) is 5.75 Å². The fourth-order valence-electron chi connectivity index (χ4n) is 2.87. The van der Waals surface area contributed by atoms with E-state index in [1.54, 1.807) is 36.2 Å². The Balaban J connectivity index is 1.95. The number of rotatable bonds is 9. The smallest absolute Gasteiger partial charge is 0.232 e. The van der Waals surface area contributed by atoms with E-state index in [1.165, 1.54) is 17.0 Å². The average Bonchev–Trinajstić information content (AvgIpc) is 2.65. The van der Waals surface area contributed by atoms with E-state index >= 15 is 0 Å².